The molecule has 2 nitrogen and oxygen atoms in total. The van der Waals surface area contributed by atoms with Crippen molar-refractivity contribution in [3.05, 3.63) is 53.6 Å². The molecule has 0 heterocycles. The maximum absolute atomic E-state index is 11.2. The van der Waals surface area contributed by atoms with Crippen LogP contribution in [0, 0.1) is 0 Å². The maximum atomic E-state index is 11.2. The van der Waals surface area contributed by atoms with E-state index in [0.29, 0.717) is 11.3 Å². The minimum Gasteiger partial charge on any atom is -0.497 e. The van der Waals surface area contributed by atoms with Crippen LogP contribution in [0.3, 0.4) is 0 Å². The molecule has 2 rings (SSSR count). The molecule has 0 amide bonds. The van der Waals surface area contributed by atoms with Crippen LogP contribution in [0.5, 0.6) is 5.75 Å². The average molecular weight is 240 g/mol. The lowest BCUT2D eigenvalue weighted by Crippen LogP contribution is -1.91. The zero-order valence-corrected chi connectivity index (χ0v) is 10.6. The highest BCUT2D eigenvalue weighted by molar-refractivity contribution is 5.88. The Hall–Kier alpha value is -2.09. The Morgan fingerprint density at radius 1 is 1.17 bits per heavy atom. The van der Waals surface area contributed by atoms with Gasteiger partial charge in [0.15, 0.2) is 6.29 Å². The number of aldehydes is 1. The van der Waals surface area contributed by atoms with Gasteiger partial charge < -0.3 is 4.74 Å². The van der Waals surface area contributed by atoms with Gasteiger partial charge in [0.2, 0.25) is 0 Å². The van der Waals surface area contributed by atoms with Gasteiger partial charge in [-0.15, -0.1) is 0 Å². The molecule has 2 aromatic carbocycles. The number of rotatable bonds is 4. The van der Waals surface area contributed by atoms with Crippen LogP contribution in [0.2, 0.25) is 0 Å². The Bertz CT molecular complexity index is 559. The predicted molar refractivity (Wildman–Crippen MR) is 73.2 cm³/mol. The third-order valence-electron chi connectivity index (χ3n) is 3.03. The number of carbonyl (C=O) groups is 1. The largest absolute Gasteiger partial charge is 0.497 e. The molecule has 0 saturated heterocycles. The molecule has 18 heavy (non-hydrogen) atoms. The SMILES string of the molecule is CCc1cccc(-c2ccc(OC)cc2C=O)c1. The van der Waals surface area contributed by atoms with Crippen molar-refractivity contribution in [3.63, 3.8) is 0 Å². The van der Waals surface area contributed by atoms with Crippen LogP contribution in [0.15, 0.2) is 42.5 Å². The van der Waals surface area contributed by atoms with E-state index in [4.69, 9.17) is 4.74 Å². The fraction of sp³-hybridized carbons (Fsp3) is 0.188. The van der Waals surface area contributed by atoms with Crippen LogP contribution in [0.4, 0.5) is 0 Å². The Balaban J connectivity index is 2.52. The molecule has 0 bridgehead atoms. The molecule has 0 aliphatic carbocycles. The molecule has 0 atom stereocenters. The first kappa shape index (κ1) is 12.4. The third kappa shape index (κ3) is 2.43. The summed E-state index contributed by atoms with van der Waals surface area (Å²) in [6.45, 7) is 2.12. The molecule has 0 aliphatic rings. The van der Waals surface area contributed by atoms with Crippen LogP contribution >= 0.6 is 0 Å². The van der Waals surface area contributed by atoms with Gasteiger partial charge >= 0.3 is 0 Å². The number of ether oxygens (including phenoxy) is 1. The molecule has 0 saturated carbocycles. The second-order valence-corrected chi connectivity index (χ2v) is 4.12. The standard InChI is InChI=1S/C16H16O2/c1-3-12-5-4-6-13(9-12)16-8-7-15(18-2)10-14(16)11-17/h4-11H,3H2,1-2H3. The van der Waals surface area contributed by atoms with Crippen LogP contribution in [0.1, 0.15) is 22.8 Å². The van der Waals surface area contributed by atoms with Crippen LogP contribution in [-0.2, 0) is 6.42 Å². The van der Waals surface area contributed by atoms with Gasteiger partial charge in [0.1, 0.15) is 5.75 Å². The fourth-order valence-electron chi connectivity index (χ4n) is 1.99. The van der Waals surface area contributed by atoms with E-state index in [1.54, 1.807) is 13.2 Å². The highest BCUT2D eigenvalue weighted by Crippen LogP contribution is 2.27. The van der Waals surface area contributed by atoms with Crippen molar-refractivity contribution in [1.82, 2.24) is 0 Å². The molecule has 0 spiro atoms. The molecule has 0 unspecified atom stereocenters. The number of carbonyl (C=O) groups excluding carboxylic acids is 1. The monoisotopic (exact) mass is 240 g/mol. The third-order valence-corrected chi connectivity index (χ3v) is 3.03. The number of methoxy groups -OCH3 is 1. The molecule has 92 valence electrons. The van der Waals surface area contributed by atoms with E-state index in [9.17, 15) is 4.79 Å². The summed E-state index contributed by atoms with van der Waals surface area (Å²) in [5.74, 6) is 0.701. The van der Waals surface area contributed by atoms with E-state index in [0.717, 1.165) is 23.8 Å². The average Bonchev–Trinajstić information content (AvgIpc) is 2.46. The van der Waals surface area contributed by atoms with Gasteiger partial charge in [-0.2, -0.15) is 0 Å². The van der Waals surface area contributed by atoms with Gasteiger partial charge in [0.25, 0.3) is 0 Å². The van der Waals surface area contributed by atoms with Crippen molar-refractivity contribution < 1.29 is 9.53 Å². The summed E-state index contributed by atoms with van der Waals surface area (Å²) in [7, 11) is 1.60. The summed E-state index contributed by atoms with van der Waals surface area (Å²) in [5.41, 5.74) is 3.93. The van der Waals surface area contributed by atoms with E-state index in [2.05, 4.69) is 19.1 Å². The molecule has 0 N–H and O–H groups in total. The number of benzene rings is 2. The van der Waals surface area contributed by atoms with Crippen molar-refractivity contribution >= 4 is 6.29 Å². The molecule has 2 heteroatoms. The van der Waals surface area contributed by atoms with Crippen LogP contribution < -0.4 is 4.74 Å². The number of hydrogen-bond donors (Lipinski definition) is 0. The van der Waals surface area contributed by atoms with Crippen molar-refractivity contribution in [3.8, 4) is 16.9 Å². The van der Waals surface area contributed by atoms with E-state index >= 15 is 0 Å². The summed E-state index contributed by atoms with van der Waals surface area (Å²) in [5, 5.41) is 0. The number of aryl methyl sites for hydroxylation is 1. The summed E-state index contributed by atoms with van der Waals surface area (Å²) >= 11 is 0. The number of hydrogen-bond acceptors (Lipinski definition) is 2. The summed E-state index contributed by atoms with van der Waals surface area (Å²) < 4.78 is 5.13. The van der Waals surface area contributed by atoms with Crippen molar-refractivity contribution in [2.45, 2.75) is 13.3 Å². The summed E-state index contributed by atoms with van der Waals surface area (Å²) in [6.07, 6.45) is 1.86. The van der Waals surface area contributed by atoms with Crippen LogP contribution in [0.25, 0.3) is 11.1 Å². The van der Waals surface area contributed by atoms with E-state index in [1.807, 2.05) is 24.3 Å². The van der Waals surface area contributed by atoms with E-state index in [-0.39, 0.29) is 0 Å². The fourth-order valence-corrected chi connectivity index (χ4v) is 1.99. The smallest absolute Gasteiger partial charge is 0.150 e. The topological polar surface area (TPSA) is 26.3 Å². The van der Waals surface area contributed by atoms with Crippen LogP contribution in [-0.4, -0.2) is 13.4 Å². The molecule has 0 radical (unpaired) electrons. The van der Waals surface area contributed by atoms with Crippen molar-refractivity contribution in [2.75, 3.05) is 7.11 Å². The van der Waals surface area contributed by atoms with Crippen molar-refractivity contribution in [1.29, 1.82) is 0 Å². The Kier molecular flexibility index (Phi) is 3.78. The molecule has 0 aliphatic heterocycles. The lowest BCUT2D eigenvalue weighted by Gasteiger charge is -2.08. The molecule has 0 aromatic heterocycles. The molecular weight excluding hydrogens is 224 g/mol. The second kappa shape index (κ2) is 5.50. The predicted octanol–water partition coefficient (Wildman–Crippen LogP) is 3.74. The zero-order valence-electron chi connectivity index (χ0n) is 10.6. The first-order chi connectivity index (χ1) is 8.78. The summed E-state index contributed by atoms with van der Waals surface area (Å²) in [6, 6.07) is 13.8. The lowest BCUT2D eigenvalue weighted by molar-refractivity contribution is 0.112. The highest BCUT2D eigenvalue weighted by atomic mass is 16.5. The zero-order chi connectivity index (χ0) is 13.0. The van der Waals surface area contributed by atoms with E-state index < -0.39 is 0 Å². The maximum Gasteiger partial charge on any atom is 0.150 e. The normalized spacial score (nSPS) is 10.1. The van der Waals surface area contributed by atoms with E-state index in [1.165, 1.54) is 5.56 Å². The van der Waals surface area contributed by atoms with Crippen molar-refractivity contribution in [2.24, 2.45) is 0 Å². The lowest BCUT2D eigenvalue weighted by atomic mass is 9.98. The second-order valence-electron chi connectivity index (χ2n) is 4.12. The summed E-state index contributed by atoms with van der Waals surface area (Å²) in [4.78, 5) is 11.2. The van der Waals surface area contributed by atoms with Gasteiger partial charge in [-0.05, 0) is 41.3 Å². The Morgan fingerprint density at radius 3 is 2.67 bits per heavy atom. The van der Waals surface area contributed by atoms with Gasteiger partial charge in [-0.3, -0.25) is 4.79 Å². The van der Waals surface area contributed by atoms with Gasteiger partial charge in [0.05, 0.1) is 7.11 Å². The first-order valence-electron chi connectivity index (χ1n) is 6.01. The van der Waals surface area contributed by atoms with Gasteiger partial charge in [-0.25, -0.2) is 0 Å². The van der Waals surface area contributed by atoms with Gasteiger partial charge in [-0.1, -0.05) is 31.2 Å². The Morgan fingerprint density at radius 2 is 2.00 bits per heavy atom. The van der Waals surface area contributed by atoms with Gasteiger partial charge in [0, 0.05) is 5.56 Å². The molecule has 2 aromatic rings. The minimum absolute atomic E-state index is 0.655. The highest BCUT2D eigenvalue weighted by Gasteiger charge is 2.06. The minimum atomic E-state index is 0.655. The Labute approximate surface area is 107 Å². The molecular formula is C16H16O2. The first-order valence-corrected chi connectivity index (χ1v) is 6.01. The quantitative estimate of drug-likeness (QED) is 0.761. The molecule has 0 fully saturated rings.